The second-order valence-corrected chi connectivity index (χ2v) is 19.5. The molecule has 384 valence electrons. The third-order valence-electron chi connectivity index (χ3n) is 13.5. The van der Waals surface area contributed by atoms with Gasteiger partial charge < -0.3 is 23.3 Å². The predicted molar refractivity (Wildman–Crippen MR) is 294 cm³/mol. The fourth-order valence-corrected chi connectivity index (χ4v) is 9.44. The molecule has 0 aliphatic rings. The first-order chi connectivity index (χ1) is 35.9. The van der Waals surface area contributed by atoms with Crippen LogP contribution in [0.25, 0.3) is 67.4 Å². The maximum atomic E-state index is 13.2. The van der Waals surface area contributed by atoms with Crippen LogP contribution in [0.1, 0.15) is 112 Å². The molecule has 4 heterocycles. The zero-order valence-electron chi connectivity index (χ0n) is 44.0. The molecular weight excluding hydrogens is 925 g/mol. The van der Waals surface area contributed by atoms with E-state index in [2.05, 4.69) is 146 Å². The Bertz CT molecular complexity index is 3170. The quantitative estimate of drug-likeness (QED) is 0.0309. The monoisotopic (exact) mass is 995 g/mol. The number of ether oxygens (including phenoxy) is 3. The zero-order chi connectivity index (χ0) is 52.0. The van der Waals surface area contributed by atoms with Gasteiger partial charge in [0.2, 0.25) is 0 Å². The van der Waals surface area contributed by atoms with E-state index in [9.17, 15) is 14.4 Å². The summed E-state index contributed by atoms with van der Waals surface area (Å²) in [7, 11) is 0. The Morgan fingerprint density at radius 3 is 1.14 bits per heavy atom. The van der Waals surface area contributed by atoms with Gasteiger partial charge in [-0.05, 0) is 72.4 Å². The Kier molecular flexibility index (Phi) is 18.2. The van der Waals surface area contributed by atoms with Crippen molar-refractivity contribution in [2.45, 2.75) is 132 Å². The average molecular weight is 995 g/mol. The average Bonchev–Trinajstić information content (AvgIpc) is 3.91. The highest BCUT2D eigenvalue weighted by molar-refractivity contribution is 5.87. The van der Waals surface area contributed by atoms with Crippen molar-refractivity contribution in [3.8, 4) is 45.0 Å². The molecule has 0 N–H and O–H groups in total. The van der Waals surface area contributed by atoms with Crippen molar-refractivity contribution >= 4 is 40.2 Å². The Balaban J connectivity index is 0.923. The van der Waals surface area contributed by atoms with Crippen molar-refractivity contribution in [1.29, 1.82) is 0 Å². The molecule has 0 radical (unpaired) electrons. The molecule has 4 aromatic heterocycles. The summed E-state index contributed by atoms with van der Waals surface area (Å²) in [6, 6.07) is 37.8. The topological polar surface area (TPSA) is 140 Å². The maximum absolute atomic E-state index is 13.2. The van der Waals surface area contributed by atoms with E-state index >= 15 is 0 Å². The van der Waals surface area contributed by atoms with Gasteiger partial charge in [-0.25, -0.2) is 19.9 Å². The summed E-state index contributed by atoms with van der Waals surface area (Å²) < 4.78 is 20.9. The fraction of sp³-hybridized carbons (Fsp3) is 0.371. The number of hydrogen-bond donors (Lipinski definition) is 0. The van der Waals surface area contributed by atoms with E-state index in [1.165, 1.54) is 29.2 Å². The Morgan fingerprint density at radius 1 is 0.432 bits per heavy atom. The van der Waals surface area contributed by atoms with E-state index in [0.717, 1.165) is 137 Å². The first-order valence-corrected chi connectivity index (χ1v) is 26.5. The van der Waals surface area contributed by atoms with Crippen LogP contribution in [0.4, 0.5) is 0 Å². The largest absolute Gasteiger partial charge is 0.466 e. The van der Waals surface area contributed by atoms with Crippen molar-refractivity contribution in [3.63, 3.8) is 0 Å². The SMILES string of the molecule is CCOC(=O)CCCCCCn1c(CCOC(=O)CCCCCCn2c(CCOC(C)=O)cc3nc(-c4ccc(C)cc4)c(-c4ccc(C)cc4)nc32)cc2nc(-c3ccc(C)cc3)c(-c3ccc(C)cc3)nc21. The fourth-order valence-electron chi connectivity index (χ4n) is 9.44. The smallest absolute Gasteiger partial charge is 0.305 e. The zero-order valence-corrected chi connectivity index (χ0v) is 44.0. The molecule has 12 nitrogen and oxygen atoms in total. The second kappa shape index (κ2) is 25.5. The first kappa shape index (κ1) is 52.8. The van der Waals surface area contributed by atoms with Gasteiger partial charge in [0.05, 0.1) is 42.6 Å². The van der Waals surface area contributed by atoms with Crippen LogP contribution in [-0.4, -0.2) is 66.8 Å². The molecule has 0 aliphatic heterocycles. The van der Waals surface area contributed by atoms with Gasteiger partial charge in [-0.3, -0.25) is 14.4 Å². The minimum absolute atomic E-state index is 0.147. The number of aryl methyl sites for hydroxylation is 6. The van der Waals surface area contributed by atoms with Crippen LogP contribution in [0.15, 0.2) is 109 Å². The number of hydrogen-bond acceptors (Lipinski definition) is 10. The van der Waals surface area contributed by atoms with Crippen molar-refractivity contribution < 1.29 is 28.6 Å². The number of rotatable bonds is 25. The molecule has 74 heavy (non-hydrogen) atoms. The first-order valence-electron chi connectivity index (χ1n) is 26.5. The maximum Gasteiger partial charge on any atom is 0.305 e. The summed E-state index contributed by atoms with van der Waals surface area (Å²) in [5.74, 6) is -0.663. The summed E-state index contributed by atoms with van der Waals surface area (Å²) in [5.41, 5.74) is 17.2. The van der Waals surface area contributed by atoms with E-state index in [0.29, 0.717) is 38.8 Å². The van der Waals surface area contributed by atoms with Gasteiger partial charge in [-0.15, -0.1) is 0 Å². The van der Waals surface area contributed by atoms with Gasteiger partial charge in [0, 0.05) is 79.3 Å². The van der Waals surface area contributed by atoms with E-state index in [-0.39, 0.29) is 31.1 Å². The van der Waals surface area contributed by atoms with Crippen LogP contribution in [-0.2, 0) is 54.5 Å². The Hall–Kier alpha value is -7.47. The number of fused-ring (bicyclic) bond motifs is 2. The lowest BCUT2D eigenvalue weighted by atomic mass is 10.0. The van der Waals surface area contributed by atoms with E-state index in [4.69, 9.17) is 34.1 Å². The molecule has 12 heteroatoms. The van der Waals surface area contributed by atoms with Crippen LogP contribution >= 0.6 is 0 Å². The highest BCUT2D eigenvalue weighted by Gasteiger charge is 2.21. The lowest BCUT2D eigenvalue weighted by Crippen LogP contribution is -2.11. The molecule has 0 amide bonds. The number of benzene rings is 4. The van der Waals surface area contributed by atoms with Gasteiger partial charge >= 0.3 is 17.9 Å². The minimum atomic E-state index is -0.309. The number of aromatic nitrogens is 6. The van der Waals surface area contributed by atoms with Gasteiger partial charge in [0.1, 0.15) is 11.0 Å². The standard InChI is InChI=1S/C62H70N6O6/c1-7-72-55(70)16-12-8-10-14-37-68-52(41-54-62(68)66-60(50-32-24-45(5)25-33-50)58(64-54)48-28-20-43(3)21-29-48)35-39-74-56(71)17-13-9-11-15-36-67-51(34-38-73-46(6)69)40-53-61(67)65-59(49-30-22-44(4)23-31-49)57(63-53)47-26-18-42(2)19-27-47/h18-33,40-41H,7-17,34-39H2,1-6H3. The van der Waals surface area contributed by atoms with Gasteiger partial charge in [0.25, 0.3) is 0 Å². The molecule has 4 aromatic carbocycles. The molecule has 0 saturated heterocycles. The van der Waals surface area contributed by atoms with Gasteiger partial charge in [0.15, 0.2) is 11.3 Å². The number of unbranched alkanes of at least 4 members (excludes halogenated alkanes) is 6. The Morgan fingerprint density at radius 2 is 0.770 bits per heavy atom. The molecule has 0 spiro atoms. The number of nitrogens with zero attached hydrogens (tertiary/aromatic N) is 6. The molecule has 8 rings (SSSR count). The van der Waals surface area contributed by atoms with Crippen LogP contribution in [0.5, 0.6) is 0 Å². The Labute approximate surface area is 435 Å². The van der Waals surface area contributed by atoms with E-state index < -0.39 is 0 Å². The molecule has 0 bridgehead atoms. The summed E-state index contributed by atoms with van der Waals surface area (Å²) in [4.78, 5) is 58.1. The molecular formula is C62H70N6O6. The highest BCUT2D eigenvalue weighted by atomic mass is 16.5. The number of carbonyl (C=O) groups is 3. The lowest BCUT2D eigenvalue weighted by molar-refractivity contribution is -0.144. The van der Waals surface area contributed by atoms with E-state index in [1.807, 2.05) is 6.92 Å². The minimum Gasteiger partial charge on any atom is -0.466 e. The molecule has 0 atom stereocenters. The van der Waals surface area contributed by atoms with Crippen molar-refractivity contribution in [1.82, 2.24) is 29.1 Å². The van der Waals surface area contributed by atoms with Crippen LogP contribution in [0.3, 0.4) is 0 Å². The number of carbonyl (C=O) groups excluding carboxylic acids is 3. The molecule has 0 aliphatic carbocycles. The second-order valence-electron chi connectivity index (χ2n) is 19.5. The van der Waals surface area contributed by atoms with Gasteiger partial charge in [-0.1, -0.05) is 145 Å². The molecule has 0 fully saturated rings. The molecule has 0 unspecified atom stereocenters. The van der Waals surface area contributed by atoms with Crippen LogP contribution in [0.2, 0.25) is 0 Å². The summed E-state index contributed by atoms with van der Waals surface area (Å²) >= 11 is 0. The summed E-state index contributed by atoms with van der Waals surface area (Å²) in [5, 5.41) is 0. The van der Waals surface area contributed by atoms with E-state index in [1.54, 1.807) is 0 Å². The van der Waals surface area contributed by atoms with Crippen LogP contribution < -0.4 is 0 Å². The third-order valence-corrected chi connectivity index (χ3v) is 13.5. The number of esters is 3. The van der Waals surface area contributed by atoms with Crippen molar-refractivity contribution in [2.75, 3.05) is 19.8 Å². The third kappa shape index (κ3) is 13.8. The summed E-state index contributed by atoms with van der Waals surface area (Å²) in [6.07, 6.45) is 8.76. The van der Waals surface area contributed by atoms with Crippen molar-refractivity contribution in [3.05, 3.63) is 143 Å². The molecule has 0 saturated carbocycles. The lowest BCUT2D eigenvalue weighted by Gasteiger charge is -2.13. The highest BCUT2D eigenvalue weighted by Crippen LogP contribution is 2.35. The normalized spacial score (nSPS) is 11.4. The summed E-state index contributed by atoms with van der Waals surface area (Å²) in [6.45, 7) is 13.9. The van der Waals surface area contributed by atoms with Crippen molar-refractivity contribution in [2.24, 2.45) is 0 Å². The van der Waals surface area contributed by atoms with Crippen LogP contribution in [0, 0.1) is 27.7 Å². The van der Waals surface area contributed by atoms with Gasteiger partial charge in [-0.2, -0.15) is 0 Å². The predicted octanol–water partition coefficient (Wildman–Crippen LogP) is 13.4. The molecule has 8 aromatic rings.